The number of methoxy groups -OCH3 is 1. The Morgan fingerprint density at radius 3 is 2.88 bits per heavy atom. The standard InChI is InChI=1S/C13H15FO2/c1-16-12-8-4-6-10(13(12)14)9-5-2-3-7-11(9)15/h4,6,8-9H,2-3,5,7H2,1H3. The zero-order valence-electron chi connectivity index (χ0n) is 9.33. The summed E-state index contributed by atoms with van der Waals surface area (Å²) < 4.78 is 18.9. The van der Waals surface area contributed by atoms with Crippen LogP contribution in [0.3, 0.4) is 0 Å². The van der Waals surface area contributed by atoms with Crippen LogP contribution in [0.5, 0.6) is 5.75 Å². The number of hydrogen-bond donors (Lipinski definition) is 0. The molecule has 0 aliphatic heterocycles. The Hall–Kier alpha value is -1.38. The maximum Gasteiger partial charge on any atom is 0.168 e. The van der Waals surface area contributed by atoms with E-state index in [-0.39, 0.29) is 23.3 Å². The molecular weight excluding hydrogens is 207 g/mol. The van der Waals surface area contributed by atoms with E-state index in [4.69, 9.17) is 4.74 Å². The number of hydrogen-bond acceptors (Lipinski definition) is 2. The van der Waals surface area contributed by atoms with Crippen LogP contribution in [0.2, 0.25) is 0 Å². The van der Waals surface area contributed by atoms with Crippen LogP contribution in [-0.2, 0) is 4.79 Å². The number of rotatable bonds is 2. The molecule has 1 unspecified atom stereocenters. The smallest absolute Gasteiger partial charge is 0.168 e. The summed E-state index contributed by atoms with van der Waals surface area (Å²) in [6, 6.07) is 5.00. The van der Waals surface area contributed by atoms with Gasteiger partial charge < -0.3 is 4.74 Å². The fraction of sp³-hybridized carbons (Fsp3) is 0.462. The van der Waals surface area contributed by atoms with Crippen LogP contribution in [-0.4, -0.2) is 12.9 Å². The van der Waals surface area contributed by atoms with E-state index < -0.39 is 0 Å². The first-order valence-electron chi connectivity index (χ1n) is 5.59. The molecule has 2 rings (SSSR count). The summed E-state index contributed by atoms with van der Waals surface area (Å²) in [5.41, 5.74) is 0.490. The Bertz CT molecular complexity index is 401. The van der Waals surface area contributed by atoms with Crippen LogP contribution >= 0.6 is 0 Å². The highest BCUT2D eigenvalue weighted by atomic mass is 19.1. The maximum atomic E-state index is 14.0. The van der Waals surface area contributed by atoms with Crippen LogP contribution in [0, 0.1) is 5.82 Å². The third-order valence-corrected chi connectivity index (χ3v) is 3.14. The number of ketones is 1. The first kappa shape index (κ1) is 11.1. The van der Waals surface area contributed by atoms with Gasteiger partial charge in [0.1, 0.15) is 5.78 Å². The van der Waals surface area contributed by atoms with E-state index in [1.54, 1.807) is 18.2 Å². The molecule has 2 nitrogen and oxygen atoms in total. The van der Waals surface area contributed by atoms with Crippen molar-refractivity contribution in [3.05, 3.63) is 29.6 Å². The van der Waals surface area contributed by atoms with Gasteiger partial charge in [-0.1, -0.05) is 18.6 Å². The van der Waals surface area contributed by atoms with Crippen LogP contribution in [0.25, 0.3) is 0 Å². The van der Waals surface area contributed by atoms with E-state index in [0.717, 1.165) is 19.3 Å². The number of halogens is 1. The number of benzene rings is 1. The minimum atomic E-state index is -0.384. The molecule has 1 fully saturated rings. The van der Waals surface area contributed by atoms with Gasteiger partial charge in [-0.05, 0) is 18.9 Å². The molecule has 0 heterocycles. The third-order valence-electron chi connectivity index (χ3n) is 3.14. The lowest BCUT2D eigenvalue weighted by Crippen LogP contribution is -2.18. The molecule has 0 bridgehead atoms. The van der Waals surface area contributed by atoms with E-state index in [1.165, 1.54) is 7.11 Å². The first-order chi connectivity index (χ1) is 7.74. The Labute approximate surface area is 94.4 Å². The fourth-order valence-corrected chi connectivity index (χ4v) is 2.27. The molecule has 0 spiro atoms. The molecule has 1 aliphatic rings. The third kappa shape index (κ3) is 1.94. The van der Waals surface area contributed by atoms with Crippen molar-refractivity contribution in [1.29, 1.82) is 0 Å². The molecule has 0 saturated heterocycles. The minimum absolute atomic E-state index is 0.151. The summed E-state index contributed by atoms with van der Waals surface area (Å²) in [4.78, 5) is 11.7. The van der Waals surface area contributed by atoms with Crippen LogP contribution in [0.1, 0.15) is 37.2 Å². The second-order valence-electron chi connectivity index (χ2n) is 4.13. The summed E-state index contributed by atoms with van der Waals surface area (Å²) >= 11 is 0. The molecule has 1 atom stereocenters. The van der Waals surface area contributed by atoms with Crippen LogP contribution in [0.4, 0.5) is 4.39 Å². The van der Waals surface area contributed by atoms with Gasteiger partial charge in [-0.2, -0.15) is 0 Å². The van der Waals surface area contributed by atoms with Gasteiger partial charge in [-0.25, -0.2) is 4.39 Å². The Kier molecular flexibility index (Phi) is 3.22. The van der Waals surface area contributed by atoms with Crippen molar-refractivity contribution in [3.63, 3.8) is 0 Å². The molecule has 1 aliphatic carbocycles. The second-order valence-corrected chi connectivity index (χ2v) is 4.13. The fourth-order valence-electron chi connectivity index (χ4n) is 2.27. The summed E-state index contributed by atoms with van der Waals surface area (Å²) in [6.45, 7) is 0. The predicted molar refractivity (Wildman–Crippen MR) is 59.2 cm³/mol. The highest BCUT2D eigenvalue weighted by molar-refractivity contribution is 5.86. The summed E-state index contributed by atoms with van der Waals surface area (Å²) in [5, 5.41) is 0. The van der Waals surface area contributed by atoms with Crippen molar-refractivity contribution in [2.24, 2.45) is 0 Å². The van der Waals surface area contributed by atoms with E-state index >= 15 is 0 Å². The van der Waals surface area contributed by atoms with Crippen molar-refractivity contribution in [2.45, 2.75) is 31.6 Å². The predicted octanol–water partition coefficient (Wildman–Crippen LogP) is 3.06. The van der Waals surface area contributed by atoms with Crippen molar-refractivity contribution in [1.82, 2.24) is 0 Å². The average molecular weight is 222 g/mol. The van der Waals surface area contributed by atoms with Crippen molar-refractivity contribution >= 4 is 5.78 Å². The molecule has 1 aromatic carbocycles. The Morgan fingerprint density at radius 2 is 2.19 bits per heavy atom. The van der Waals surface area contributed by atoms with E-state index in [1.807, 2.05) is 0 Å². The quantitative estimate of drug-likeness (QED) is 0.768. The van der Waals surface area contributed by atoms with Crippen molar-refractivity contribution < 1.29 is 13.9 Å². The Balaban J connectivity index is 2.35. The number of carbonyl (C=O) groups is 1. The van der Waals surface area contributed by atoms with Gasteiger partial charge in [0.2, 0.25) is 0 Å². The number of carbonyl (C=O) groups excluding carboxylic acids is 1. The lowest BCUT2D eigenvalue weighted by Gasteiger charge is -2.21. The second kappa shape index (κ2) is 4.64. The zero-order valence-corrected chi connectivity index (χ0v) is 9.33. The van der Waals surface area contributed by atoms with Gasteiger partial charge in [-0.15, -0.1) is 0 Å². The number of Topliss-reactive ketones (excluding diaryl/α,β-unsaturated/α-hetero) is 1. The molecule has 0 aromatic heterocycles. The van der Waals surface area contributed by atoms with E-state index in [0.29, 0.717) is 12.0 Å². The monoisotopic (exact) mass is 222 g/mol. The molecule has 1 aromatic rings. The topological polar surface area (TPSA) is 26.3 Å². The normalized spacial score (nSPS) is 20.9. The van der Waals surface area contributed by atoms with Gasteiger partial charge in [0.25, 0.3) is 0 Å². The molecule has 0 N–H and O–H groups in total. The van der Waals surface area contributed by atoms with Crippen LogP contribution in [0.15, 0.2) is 18.2 Å². The summed E-state index contributed by atoms with van der Waals surface area (Å²) in [6.07, 6.45) is 3.25. The van der Waals surface area contributed by atoms with E-state index in [9.17, 15) is 9.18 Å². The van der Waals surface area contributed by atoms with Gasteiger partial charge in [0.15, 0.2) is 11.6 Å². The van der Waals surface area contributed by atoms with Crippen molar-refractivity contribution in [2.75, 3.05) is 7.11 Å². The first-order valence-corrected chi connectivity index (χ1v) is 5.59. The SMILES string of the molecule is COc1cccc(C2CCCCC2=O)c1F. The average Bonchev–Trinajstić information content (AvgIpc) is 2.31. The molecular formula is C13H15FO2. The molecule has 16 heavy (non-hydrogen) atoms. The van der Waals surface area contributed by atoms with Crippen LogP contribution < -0.4 is 4.74 Å². The number of ether oxygens (including phenoxy) is 1. The lowest BCUT2D eigenvalue weighted by atomic mass is 9.82. The Morgan fingerprint density at radius 1 is 1.38 bits per heavy atom. The largest absolute Gasteiger partial charge is 0.494 e. The molecule has 1 saturated carbocycles. The lowest BCUT2D eigenvalue weighted by molar-refractivity contribution is -0.121. The summed E-state index contributed by atoms with van der Waals surface area (Å²) in [7, 11) is 1.44. The van der Waals surface area contributed by atoms with Gasteiger partial charge in [0.05, 0.1) is 7.11 Å². The van der Waals surface area contributed by atoms with Gasteiger partial charge in [-0.3, -0.25) is 4.79 Å². The molecule has 0 radical (unpaired) electrons. The zero-order chi connectivity index (χ0) is 11.5. The molecule has 3 heteroatoms. The van der Waals surface area contributed by atoms with Gasteiger partial charge >= 0.3 is 0 Å². The van der Waals surface area contributed by atoms with Crippen molar-refractivity contribution in [3.8, 4) is 5.75 Å². The van der Waals surface area contributed by atoms with Gasteiger partial charge in [0, 0.05) is 17.9 Å². The highest BCUT2D eigenvalue weighted by Gasteiger charge is 2.27. The highest BCUT2D eigenvalue weighted by Crippen LogP contribution is 2.34. The summed E-state index contributed by atoms with van der Waals surface area (Å²) in [5.74, 6) is -0.289. The maximum absolute atomic E-state index is 14.0. The molecule has 86 valence electrons. The van der Waals surface area contributed by atoms with E-state index in [2.05, 4.69) is 0 Å². The molecule has 0 amide bonds. The minimum Gasteiger partial charge on any atom is -0.494 e.